The molecule has 112 valence electrons. The highest BCUT2D eigenvalue weighted by Gasteiger charge is 2.77. The number of fused-ring (bicyclic) bond motifs is 2. The molecule has 0 bridgehead atoms. The number of H-pyrrole nitrogens is 1. The molecule has 2 unspecified atom stereocenters. The molecule has 1 saturated carbocycles. The number of hydrogen-bond acceptors (Lipinski definition) is 8. The van der Waals surface area contributed by atoms with Crippen molar-refractivity contribution >= 4 is 17.1 Å². The molecule has 2 fully saturated rings. The van der Waals surface area contributed by atoms with Crippen LogP contribution in [-0.2, 0) is 9.47 Å². The number of imidazole rings is 1. The van der Waals surface area contributed by atoms with E-state index in [9.17, 15) is 15.0 Å². The summed E-state index contributed by atoms with van der Waals surface area (Å²) >= 11 is 0. The molecule has 10 nitrogen and oxygen atoms in total. The van der Waals surface area contributed by atoms with Crippen LogP contribution in [0.15, 0.2) is 11.1 Å². The van der Waals surface area contributed by atoms with Gasteiger partial charge in [0.2, 0.25) is 5.95 Å². The lowest BCUT2D eigenvalue weighted by molar-refractivity contribution is -0.110. The van der Waals surface area contributed by atoms with Gasteiger partial charge in [-0.2, -0.15) is 4.98 Å². The van der Waals surface area contributed by atoms with Crippen molar-refractivity contribution in [2.24, 2.45) is 0 Å². The predicted octanol–water partition coefficient (Wildman–Crippen LogP) is -2.28. The van der Waals surface area contributed by atoms with Gasteiger partial charge in [-0.25, -0.2) is 4.98 Å². The molecule has 1 aliphatic carbocycles. The van der Waals surface area contributed by atoms with Gasteiger partial charge in [-0.05, 0) is 0 Å². The monoisotopic (exact) mass is 295 g/mol. The van der Waals surface area contributed by atoms with E-state index in [1.165, 1.54) is 18.0 Å². The SMILES string of the molecule is CO[C@H]1C(n2cnc3c(=O)[nH]c(N)nc32)O[C@@H]2C(O)[C@@]21O. The Labute approximate surface area is 117 Å². The second kappa shape index (κ2) is 3.80. The third kappa shape index (κ3) is 1.42. The maximum Gasteiger partial charge on any atom is 0.280 e. The second-order valence-corrected chi connectivity index (χ2v) is 5.21. The van der Waals surface area contributed by atoms with Gasteiger partial charge in [0.05, 0.1) is 6.33 Å². The molecule has 0 amide bonds. The standard InChI is InChI=1S/C11H13N5O5/c1-20-6-9(21-5-4(17)11(5,6)19)16-2-13-3-7(16)14-10(12)15-8(3)18/h2,4-6,9,17,19H,1H3,(H3,12,14,15,18)/t4?,5-,6+,9?,11-/m1/s1. The second-order valence-electron chi connectivity index (χ2n) is 5.21. The van der Waals surface area contributed by atoms with Gasteiger partial charge < -0.3 is 25.4 Å². The highest BCUT2D eigenvalue weighted by Crippen LogP contribution is 2.54. The fraction of sp³-hybridized carbons (Fsp3) is 0.545. The molecule has 0 radical (unpaired) electrons. The molecular formula is C11H13N5O5. The Morgan fingerprint density at radius 2 is 2.38 bits per heavy atom. The first kappa shape index (κ1) is 12.7. The molecule has 5 atom stereocenters. The maximum absolute atomic E-state index is 11.8. The zero-order valence-corrected chi connectivity index (χ0v) is 10.9. The van der Waals surface area contributed by atoms with Crippen molar-refractivity contribution < 1.29 is 19.7 Å². The predicted molar refractivity (Wildman–Crippen MR) is 68.2 cm³/mol. The molecule has 21 heavy (non-hydrogen) atoms. The van der Waals surface area contributed by atoms with Gasteiger partial charge in [0.1, 0.15) is 18.3 Å². The van der Waals surface area contributed by atoms with E-state index in [2.05, 4.69) is 15.0 Å². The zero-order chi connectivity index (χ0) is 14.9. The van der Waals surface area contributed by atoms with Gasteiger partial charge in [0.15, 0.2) is 23.0 Å². The van der Waals surface area contributed by atoms with Crippen molar-refractivity contribution in [2.45, 2.75) is 30.1 Å². The van der Waals surface area contributed by atoms with E-state index >= 15 is 0 Å². The van der Waals surface area contributed by atoms with Crippen molar-refractivity contribution in [2.75, 3.05) is 12.8 Å². The van der Waals surface area contributed by atoms with Crippen molar-refractivity contribution in [3.8, 4) is 0 Å². The lowest BCUT2D eigenvalue weighted by Gasteiger charge is -2.25. The molecule has 2 aliphatic rings. The van der Waals surface area contributed by atoms with E-state index < -0.39 is 35.7 Å². The first-order valence-electron chi connectivity index (χ1n) is 6.29. The summed E-state index contributed by atoms with van der Waals surface area (Å²) in [5, 5.41) is 20.0. The number of aliphatic hydroxyl groups excluding tert-OH is 1. The number of ether oxygens (including phenoxy) is 2. The average Bonchev–Trinajstić information content (AvgIpc) is 2.82. The lowest BCUT2D eigenvalue weighted by Crippen LogP contribution is -2.38. The largest absolute Gasteiger partial charge is 0.387 e. The molecule has 5 N–H and O–H groups in total. The van der Waals surface area contributed by atoms with Crippen LogP contribution in [0.1, 0.15) is 6.23 Å². The van der Waals surface area contributed by atoms with Gasteiger partial charge in [0.25, 0.3) is 5.56 Å². The van der Waals surface area contributed by atoms with Crippen LogP contribution in [0.5, 0.6) is 0 Å². The summed E-state index contributed by atoms with van der Waals surface area (Å²) in [7, 11) is 1.40. The highest BCUT2D eigenvalue weighted by molar-refractivity contribution is 5.70. The topological polar surface area (TPSA) is 149 Å². The lowest BCUT2D eigenvalue weighted by atomic mass is 10.1. The van der Waals surface area contributed by atoms with Crippen LogP contribution in [0.2, 0.25) is 0 Å². The molecule has 10 heteroatoms. The quantitative estimate of drug-likeness (QED) is 0.484. The summed E-state index contributed by atoms with van der Waals surface area (Å²) in [4.78, 5) is 22.1. The summed E-state index contributed by atoms with van der Waals surface area (Å²) in [6, 6.07) is 0. The molecule has 1 aliphatic heterocycles. The molecule has 0 spiro atoms. The molecule has 1 saturated heterocycles. The number of nitrogen functional groups attached to an aromatic ring is 1. The van der Waals surface area contributed by atoms with Crippen molar-refractivity contribution in [3.63, 3.8) is 0 Å². The van der Waals surface area contributed by atoms with E-state index in [0.717, 1.165) is 0 Å². The summed E-state index contributed by atoms with van der Waals surface area (Å²) in [6.45, 7) is 0. The first-order valence-corrected chi connectivity index (χ1v) is 6.29. The maximum atomic E-state index is 11.8. The average molecular weight is 295 g/mol. The minimum absolute atomic E-state index is 0.0508. The smallest absolute Gasteiger partial charge is 0.280 e. The summed E-state index contributed by atoms with van der Waals surface area (Å²) in [5.74, 6) is -0.0508. The molecule has 2 aromatic heterocycles. The van der Waals surface area contributed by atoms with Gasteiger partial charge >= 0.3 is 0 Å². The Kier molecular flexibility index (Phi) is 2.30. The zero-order valence-electron chi connectivity index (χ0n) is 10.9. The van der Waals surface area contributed by atoms with Crippen molar-refractivity contribution in [3.05, 3.63) is 16.7 Å². The molecule has 4 rings (SSSR count). The fourth-order valence-electron chi connectivity index (χ4n) is 2.95. The van der Waals surface area contributed by atoms with Crippen molar-refractivity contribution in [1.82, 2.24) is 19.5 Å². The van der Waals surface area contributed by atoms with Crippen LogP contribution < -0.4 is 11.3 Å². The normalized spacial score (nSPS) is 37.9. The molecule has 3 heterocycles. The van der Waals surface area contributed by atoms with Crippen LogP contribution in [0.25, 0.3) is 11.2 Å². The first-order chi connectivity index (χ1) is 9.98. The van der Waals surface area contributed by atoms with E-state index in [4.69, 9.17) is 15.2 Å². The number of rotatable bonds is 2. The van der Waals surface area contributed by atoms with Crippen molar-refractivity contribution in [1.29, 1.82) is 0 Å². The Morgan fingerprint density at radius 3 is 3.10 bits per heavy atom. The van der Waals surface area contributed by atoms with E-state index in [1.54, 1.807) is 0 Å². The van der Waals surface area contributed by atoms with Crippen LogP contribution in [0.3, 0.4) is 0 Å². The van der Waals surface area contributed by atoms with Gasteiger partial charge in [0, 0.05) is 7.11 Å². The Hall–Kier alpha value is -2.01. The summed E-state index contributed by atoms with van der Waals surface area (Å²) < 4.78 is 12.3. The van der Waals surface area contributed by atoms with Crippen LogP contribution in [0.4, 0.5) is 5.95 Å². The summed E-state index contributed by atoms with van der Waals surface area (Å²) in [5.41, 5.74) is 3.94. The van der Waals surface area contributed by atoms with E-state index in [0.29, 0.717) is 0 Å². The fourth-order valence-corrected chi connectivity index (χ4v) is 2.95. The number of aromatic amines is 1. The number of aliphatic hydroxyl groups is 2. The Bertz CT molecular complexity index is 787. The number of nitrogens with two attached hydrogens (primary N) is 1. The number of hydrogen-bond donors (Lipinski definition) is 4. The molecule has 2 aromatic rings. The Balaban J connectivity index is 1.83. The van der Waals surface area contributed by atoms with Crippen LogP contribution >= 0.6 is 0 Å². The Morgan fingerprint density at radius 1 is 1.62 bits per heavy atom. The van der Waals surface area contributed by atoms with Crippen LogP contribution in [-0.4, -0.2) is 60.8 Å². The highest BCUT2D eigenvalue weighted by atomic mass is 16.6. The number of nitrogens with one attached hydrogen (secondary N) is 1. The third-order valence-electron chi connectivity index (χ3n) is 4.09. The van der Waals surface area contributed by atoms with Gasteiger partial charge in [-0.3, -0.25) is 14.3 Å². The minimum Gasteiger partial charge on any atom is -0.387 e. The number of methoxy groups -OCH3 is 1. The van der Waals surface area contributed by atoms with E-state index in [-0.39, 0.29) is 17.1 Å². The van der Waals surface area contributed by atoms with Crippen LogP contribution in [0, 0.1) is 0 Å². The van der Waals surface area contributed by atoms with Gasteiger partial charge in [-0.1, -0.05) is 0 Å². The van der Waals surface area contributed by atoms with E-state index in [1.807, 2.05) is 0 Å². The number of aromatic nitrogens is 4. The third-order valence-corrected chi connectivity index (χ3v) is 4.09. The molecule has 0 aromatic carbocycles. The number of anilines is 1. The minimum atomic E-state index is -1.46. The molecular weight excluding hydrogens is 282 g/mol. The van der Waals surface area contributed by atoms with Gasteiger partial charge in [-0.15, -0.1) is 0 Å². The number of nitrogens with zero attached hydrogens (tertiary/aromatic N) is 3. The summed E-state index contributed by atoms with van der Waals surface area (Å²) in [6.07, 6.45) is -1.92.